The summed E-state index contributed by atoms with van der Waals surface area (Å²) in [4.78, 5) is 13.0. The molecule has 6 aliphatic rings. The number of carbonyl (C=O) groups is 1. The number of fused-ring (bicyclic) bond motifs is 7. The van der Waals surface area contributed by atoms with Gasteiger partial charge in [0.05, 0.1) is 31.3 Å². The number of methoxy groups -OCH3 is 1. The number of allylic oxidation sites excluding steroid dienone is 2. The number of carbonyl (C=O) groups excluding carboxylic acids is 1. The molecule has 250 valence electrons. The summed E-state index contributed by atoms with van der Waals surface area (Å²) in [7, 11) is 1.54. The molecular weight excluding hydrogens is 556 g/mol. The van der Waals surface area contributed by atoms with Crippen LogP contribution in [-0.2, 0) is 19.0 Å². The molecule has 0 aromatic carbocycles. The third-order valence-electron chi connectivity index (χ3n) is 15.5. The second kappa shape index (κ2) is 10.8. The highest BCUT2D eigenvalue weighted by Crippen LogP contribution is 2.75. The van der Waals surface area contributed by atoms with Crippen molar-refractivity contribution in [1.82, 2.24) is 0 Å². The fourth-order valence-corrected chi connectivity index (χ4v) is 12.3. The Bertz CT molecular complexity index is 1170. The van der Waals surface area contributed by atoms with E-state index in [1.165, 1.54) is 19.3 Å². The summed E-state index contributed by atoms with van der Waals surface area (Å²) in [5.74, 6) is 1.45. The van der Waals surface area contributed by atoms with Gasteiger partial charge in [0, 0.05) is 6.42 Å². The Morgan fingerprint density at radius 2 is 1.66 bits per heavy atom. The lowest BCUT2D eigenvalue weighted by atomic mass is 9.33. The van der Waals surface area contributed by atoms with Crippen molar-refractivity contribution < 1.29 is 34.3 Å². The van der Waals surface area contributed by atoms with Crippen LogP contribution >= 0.6 is 0 Å². The number of hydrogen-bond acceptors (Lipinski definition) is 7. The SMILES string of the molecule is COC(=O)[C@@]1(C)CC[C@]2(C)CC[C@]3(C)C(=CC[C@@H]4[C@@]5(C)CC[C@H](O[C@H]6C[C@H](O)[C@@H](O)[C@H](CO)O6)C(C)(C)[C@@H]5CC[C@]43C)[C@@H]2C1. The monoisotopic (exact) mass is 616 g/mol. The van der Waals surface area contributed by atoms with Crippen molar-refractivity contribution in [2.75, 3.05) is 13.7 Å². The molecule has 0 amide bonds. The van der Waals surface area contributed by atoms with Gasteiger partial charge in [0.15, 0.2) is 6.29 Å². The molecule has 5 fully saturated rings. The van der Waals surface area contributed by atoms with Crippen LogP contribution in [0.15, 0.2) is 11.6 Å². The predicted octanol–water partition coefficient (Wildman–Crippen LogP) is 6.18. The second-order valence-electron chi connectivity index (χ2n) is 17.8. The van der Waals surface area contributed by atoms with E-state index >= 15 is 0 Å². The molecule has 7 heteroatoms. The number of aliphatic hydroxyl groups excluding tert-OH is 3. The van der Waals surface area contributed by atoms with Crippen molar-refractivity contribution in [2.45, 2.75) is 150 Å². The van der Waals surface area contributed by atoms with Crippen molar-refractivity contribution >= 4 is 5.97 Å². The number of aliphatic hydroxyl groups is 3. The summed E-state index contributed by atoms with van der Waals surface area (Å²) in [5, 5.41) is 30.3. The van der Waals surface area contributed by atoms with Gasteiger partial charge >= 0.3 is 5.97 Å². The first-order valence-electron chi connectivity index (χ1n) is 17.6. The van der Waals surface area contributed by atoms with Gasteiger partial charge in [-0.1, -0.05) is 53.2 Å². The molecule has 0 spiro atoms. The normalized spacial score (nSPS) is 53.3. The maximum absolute atomic E-state index is 13.0. The van der Waals surface area contributed by atoms with E-state index in [1.807, 2.05) is 0 Å². The number of rotatable bonds is 4. The van der Waals surface area contributed by atoms with E-state index in [-0.39, 0.29) is 52.2 Å². The van der Waals surface area contributed by atoms with Gasteiger partial charge in [0.2, 0.25) is 0 Å². The molecule has 0 unspecified atom stereocenters. The lowest BCUT2D eigenvalue weighted by molar-refractivity contribution is -0.297. The first-order valence-corrected chi connectivity index (χ1v) is 17.6. The molecule has 1 heterocycles. The molecule has 0 radical (unpaired) electrons. The van der Waals surface area contributed by atoms with E-state index in [1.54, 1.807) is 12.7 Å². The number of esters is 1. The molecule has 6 rings (SSSR count). The van der Waals surface area contributed by atoms with Crippen LogP contribution in [0.1, 0.15) is 119 Å². The summed E-state index contributed by atoms with van der Waals surface area (Å²) in [6.07, 6.45) is 10.2. The fourth-order valence-electron chi connectivity index (χ4n) is 12.3. The molecule has 13 atom stereocenters. The quantitative estimate of drug-likeness (QED) is 0.197. The topological polar surface area (TPSA) is 105 Å². The van der Waals surface area contributed by atoms with Crippen molar-refractivity contribution in [3.8, 4) is 0 Å². The molecule has 3 N–H and O–H groups in total. The Balaban J connectivity index is 1.27. The molecule has 1 aliphatic heterocycles. The van der Waals surface area contributed by atoms with Gasteiger partial charge < -0.3 is 29.5 Å². The van der Waals surface area contributed by atoms with Gasteiger partial charge in [-0.05, 0) is 116 Å². The van der Waals surface area contributed by atoms with Crippen LogP contribution in [0.2, 0.25) is 0 Å². The summed E-state index contributed by atoms with van der Waals surface area (Å²) >= 11 is 0. The molecular formula is C37H60O7. The highest BCUT2D eigenvalue weighted by Gasteiger charge is 2.68. The van der Waals surface area contributed by atoms with Gasteiger partial charge in [-0.15, -0.1) is 0 Å². The van der Waals surface area contributed by atoms with Crippen molar-refractivity contribution in [2.24, 2.45) is 50.2 Å². The molecule has 4 saturated carbocycles. The summed E-state index contributed by atoms with van der Waals surface area (Å²) in [6, 6.07) is 0. The molecule has 0 bridgehead atoms. The molecule has 1 saturated heterocycles. The summed E-state index contributed by atoms with van der Waals surface area (Å²) in [6.45, 7) is 16.8. The largest absolute Gasteiger partial charge is 0.469 e. The lowest BCUT2D eigenvalue weighted by Gasteiger charge is -2.71. The average molecular weight is 617 g/mol. The van der Waals surface area contributed by atoms with Crippen molar-refractivity contribution in [3.05, 3.63) is 11.6 Å². The summed E-state index contributed by atoms with van der Waals surface area (Å²) in [5.41, 5.74) is 1.88. The maximum atomic E-state index is 13.0. The van der Waals surface area contributed by atoms with Crippen LogP contribution in [0.5, 0.6) is 0 Å². The van der Waals surface area contributed by atoms with E-state index in [0.717, 1.165) is 44.9 Å². The summed E-state index contributed by atoms with van der Waals surface area (Å²) < 4.78 is 17.9. The smallest absolute Gasteiger partial charge is 0.311 e. The number of ether oxygens (including phenoxy) is 3. The van der Waals surface area contributed by atoms with Gasteiger partial charge in [-0.25, -0.2) is 0 Å². The highest BCUT2D eigenvalue weighted by atomic mass is 16.7. The van der Waals surface area contributed by atoms with Crippen LogP contribution in [-0.4, -0.2) is 65.7 Å². The Hall–Kier alpha value is -0.990. The molecule has 44 heavy (non-hydrogen) atoms. The first kappa shape index (κ1) is 32.9. The van der Waals surface area contributed by atoms with Crippen LogP contribution in [0.4, 0.5) is 0 Å². The first-order chi connectivity index (χ1) is 20.5. The van der Waals surface area contributed by atoms with E-state index in [0.29, 0.717) is 17.8 Å². The van der Waals surface area contributed by atoms with Gasteiger partial charge in [-0.3, -0.25) is 4.79 Å². The second-order valence-corrected chi connectivity index (χ2v) is 17.8. The standard InChI is InChI=1S/C37H60O7/c1-32(2)26-11-14-37(7)27(35(26,5)13-12-28(32)44-29-19-24(39)30(40)25(21-38)43-29)10-9-22-23-20-34(4,31(41)42-8)16-15-33(23,3)17-18-36(22,37)6/h9,23-30,38-40H,10-21H2,1-8H3/t23-,24-,25-,26-,27+,28-,29-,30+,33+,34-,35-,36+,37+/m0/s1. The Morgan fingerprint density at radius 3 is 2.34 bits per heavy atom. The Kier molecular flexibility index (Phi) is 8.06. The van der Waals surface area contributed by atoms with Gasteiger partial charge in [-0.2, -0.15) is 0 Å². The third-order valence-corrected chi connectivity index (χ3v) is 15.5. The minimum absolute atomic E-state index is 0.0179. The van der Waals surface area contributed by atoms with E-state index in [4.69, 9.17) is 14.2 Å². The minimum Gasteiger partial charge on any atom is -0.469 e. The van der Waals surface area contributed by atoms with Crippen LogP contribution in [0, 0.1) is 50.2 Å². The predicted molar refractivity (Wildman–Crippen MR) is 168 cm³/mol. The third kappa shape index (κ3) is 4.56. The van der Waals surface area contributed by atoms with Gasteiger partial charge in [0.1, 0.15) is 12.2 Å². The minimum atomic E-state index is -1.09. The molecule has 5 aliphatic carbocycles. The van der Waals surface area contributed by atoms with E-state index in [9.17, 15) is 20.1 Å². The zero-order valence-corrected chi connectivity index (χ0v) is 28.7. The molecule has 7 nitrogen and oxygen atoms in total. The molecule has 0 aromatic heterocycles. The average Bonchev–Trinajstić information content (AvgIpc) is 2.97. The lowest BCUT2D eigenvalue weighted by Crippen LogP contribution is -2.65. The van der Waals surface area contributed by atoms with Crippen LogP contribution in [0.3, 0.4) is 0 Å². The fraction of sp³-hybridized carbons (Fsp3) is 0.919. The van der Waals surface area contributed by atoms with E-state index in [2.05, 4.69) is 54.5 Å². The van der Waals surface area contributed by atoms with Crippen molar-refractivity contribution in [3.63, 3.8) is 0 Å². The van der Waals surface area contributed by atoms with Gasteiger partial charge in [0.25, 0.3) is 0 Å². The zero-order chi connectivity index (χ0) is 32.1. The zero-order valence-electron chi connectivity index (χ0n) is 28.7. The number of hydrogen-bond donors (Lipinski definition) is 3. The Morgan fingerprint density at radius 1 is 0.955 bits per heavy atom. The van der Waals surface area contributed by atoms with Crippen LogP contribution in [0.25, 0.3) is 0 Å². The van der Waals surface area contributed by atoms with E-state index < -0.39 is 30.0 Å². The van der Waals surface area contributed by atoms with Crippen molar-refractivity contribution in [1.29, 1.82) is 0 Å². The molecule has 0 aromatic rings. The maximum Gasteiger partial charge on any atom is 0.311 e. The Labute approximate surface area is 265 Å². The highest BCUT2D eigenvalue weighted by molar-refractivity contribution is 5.76. The van der Waals surface area contributed by atoms with Crippen LogP contribution < -0.4 is 0 Å².